The van der Waals surface area contributed by atoms with Gasteiger partial charge < -0.3 is 15.1 Å². The number of nitrogens with one attached hydrogen (secondary N) is 1. The van der Waals surface area contributed by atoms with Crippen molar-refractivity contribution >= 4 is 11.8 Å². The number of carbonyl (C=O) groups excluding carboxylic acids is 2. The fourth-order valence-electron chi connectivity index (χ4n) is 3.26. The number of benzene rings is 1. The first-order chi connectivity index (χ1) is 13.0. The Kier molecular flexibility index (Phi) is 6.24. The van der Waals surface area contributed by atoms with E-state index < -0.39 is 0 Å². The highest BCUT2D eigenvalue weighted by Crippen LogP contribution is 2.18. The number of rotatable bonds is 8. The molecular formula is C20H27N5O2. The van der Waals surface area contributed by atoms with Crippen molar-refractivity contribution in [2.75, 3.05) is 33.7 Å². The van der Waals surface area contributed by atoms with E-state index in [2.05, 4.69) is 10.4 Å². The first-order valence-electron chi connectivity index (χ1n) is 9.27. The van der Waals surface area contributed by atoms with Gasteiger partial charge in [-0.1, -0.05) is 24.3 Å². The van der Waals surface area contributed by atoms with Gasteiger partial charge in [-0.2, -0.15) is 5.10 Å². The van der Waals surface area contributed by atoms with Crippen molar-refractivity contribution in [1.29, 1.82) is 0 Å². The highest BCUT2D eigenvalue weighted by Gasteiger charge is 2.33. The number of carbonyl (C=O) groups is 2. The maximum atomic E-state index is 12.6. The summed E-state index contributed by atoms with van der Waals surface area (Å²) in [7, 11) is 3.96. The monoisotopic (exact) mass is 369 g/mol. The van der Waals surface area contributed by atoms with Crippen LogP contribution >= 0.6 is 0 Å². The lowest BCUT2D eigenvalue weighted by atomic mass is 10.1. The van der Waals surface area contributed by atoms with Gasteiger partial charge in [0.1, 0.15) is 0 Å². The third kappa shape index (κ3) is 5.17. The van der Waals surface area contributed by atoms with Gasteiger partial charge in [-0.05, 0) is 31.3 Å². The van der Waals surface area contributed by atoms with E-state index in [1.807, 2.05) is 60.2 Å². The molecule has 1 aromatic carbocycles. The van der Waals surface area contributed by atoms with Gasteiger partial charge in [-0.15, -0.1) is 0 Å². The Morgan fingerprint density at radius 3 is 2.74 bits per heavy atom. The van der Waals surface area contributed by atoms with Crippen LogP contribution in [-0.4, -0.2) is 65.1 Å². The van der Waals surface area contributed by atoms with Crippen molar-refractivity contribution < 1.29 is 9.59 Å². The zero-order valence-electron chi connectivity index (χ0n) is 16.0. The molecule has 27 heavy (non-hydrogen) atoms. The molecule has 0 unspecified atom stereocenters. The molecule has 1 fully saturated rings. The molecule has 144 valence electrons. The Balaban J connectivity index is 1.54. The molecule has 3 rings (SSSR count). The van der Waals surface area contributed by atoms with Crippen LogP contribution in [0.1, 0.15) is 17.5 Å². The van der Waals surface area contributed by atoms with E-state index in [4.69, 9.17) is 0 Å². The largest absolute Gasteiger partial charge is 0.352 e. The quantitative estimate of drug-likeness (QED) is 0.752. The maximum Gasteiger partial charge on any atom is 0.225 e. The molecule has 2 aromatic rings. The van der Waals surface area contributed by atoms with Crippen LogP contribution in [0, 0.1) is 5.92 Å². The van der Waals surface area contributed by atoms with E-state index in [0.717, 1.165) is 17.7 Å². The summed E-state index contributed by atoms with van der Waals surface area (Å²) >= 11 is 0. The van der Waals surface area contributed by atoms with Crippen LogP contribution in [0.2, 0.25) is 0 Å². The van der Waals surface area contributed by atoms with Gasteiger partial charge in [-0.25, -0.2) is 0 Å². The van der Waals surface area contributed by atoms with E-state index in [9.17, 15) is 9.59 Å². The first-order valence-corrected chi connectivity index (χ1v) is 9.27. The number of nitrogens with zero attached hydrogens (tertiary/aromatic N) is 4. The van der Waals surface area contributed by atoms with Crippen molar-refractivity contribution in [3.8, 4) is 0 Å². The summed E-state index contributed by atoms with van der Waals surface area (Å²) in [6.45, 7) is 3.11. The van der Waals surface area contributed by atoms with Crippen molar-refractivity contribution in [3.63, 3.8) is 0 Å². The summed E-state index contributed by atoms with van der Waals surface area (Å²) < 4.78 is 1.86. The molecule has 1 saturated heterocycles. The number of amides is 2. The molecule has 0 bridgehead atoms. The topological polar surface area (TPSA) is 70.5 Å². The highest BCUT2D eigenvalue weighted by atomic mass is 16.2. The second kappa shape index (κ2) is 8.81. The molecule has 0 spiro atoms. The molecule has 1 aromatic heterocycles. The van der Waals surface area contributed by atoms with Gasteiger partial charge in [-0.3, -0.25) is 14.3 Å². The molecule has 1 aliphatic rings. The molecular weight excluding hydrogens is 342 g/mol. The fraction of sp³-hybridized carbons (Fsp3) is 0.450. The van der Waals surface area contributed by atoms with Crippen LogP contribution in [0.25, 0.3) is 0 Å². The van der Waals surface area contributed by atoms with Gasteiger partial charge in [0.25, 0.3) is 0 Å². The molecule has 2 heterocycles. The standard InChI is InChI=1S/C20H27N5O2/c1-23(2)10-11-24-14-18(12-19(24)26)20(27)21-13-16-6-3-4-7-17(16)15-25-9-5-8-22-25/h3-9,18H,10-15H2,1-2H3,(H,21,27)/t18-/m0/s1. The Hall–Kier alpha value is -2.67. The molecule has 7 heteroatoms. The normalized spacial score (nSPS) is 16.9. The number of likely N-dealkylation sites (N-methyl/N-ethyl adjacent to an activating group) is 1. The van der Waals surface area contributed by atoms with E-state index >= 15 is 0 Å². The maximum absolute atomic E-state index is 12.6. The third-order valence-corrected chi connectivity index (χ3v) is 4.87. The minimum Gasteiger partial charge on any atom is -0.352 e. The van der Waals surface area contributed by atoms with Crippen molar-refractivity contribution in [3.05, 3.63) is 53.9 Å². The Morgan fingerprint density at radius 2 is 2.04 bits per heavy atom. The van der Waals surface area contributed by atoms with Gasteiger partial charge in [0.2, 0.25) is 11.8 Å². The Morgan fingerprint density at radius 1 is 1.26 bits per heavy atom. The number of aromatic nitrogens is 2. The summed E-state index contributed by atoms with van der Waals surface area (Å²) in [5.74, 6) is -0.251. The SMILES string of the molecule is CN(C)CCN1C[C@@H](C(=O)NCc2ccccc2Cn2cccn2)CC1=O. The molecule has 2 amide bonds. The average Bonchev–Trinajstić information content (AvgIpc) is 3.28. The fourth-order valence-corrected chi connectivity index (χ4v) is 3.26. The van der Waals surface area contributed by atoms with Crippen LogP contribution in [0.4, 0.5) is 0 Å². The average molecular weight is 369 g/mol. The summed E-state index contributed by atoms with van der Waals surface area (Å²) in [5, 5.41) is 7.25. The number of hydrogen-bond donors (Lipinski definition) is 1. The second-order valence-electron chi connectivity index (χ2n) is 7.23. The highest BCUT2D eigenvalue weighted by molar-refractivity contribution is 5.89. The van der Waals surface area contributed by atoms with Gasteiger partial charge in [0, 0.05) is 45.0 Å². The van der Waals surface area contributed by atoms with Crippen molar-refractivity contribution in [2.45, 2.75) is 19.5 Å². The minimum atomic E-state index is -0.266. The lowest BCUT2D eigenvalue weighted by Crippen LogP contribution is -2.35. The first kappa shape index (κ1) is 19.1. The molecule has 0 aliphatic carbocycles. The van der Waals surface area contributed by atoms with E-state index in [0.29, 0.717) is 32.6 Å². The van der Waals surface area contributed by atoms with Gasteiger partial charge in [0.15, 0.2) is 0 Å². The minimum absolute atomic E-state index is 0.0513. The number of hydrogen-bond acceptors (Lipinski definition) is 4. The van der Waals surface area contributed by atoms with Crippen LogP contribution in [-0.2, 0) is 22.7 Å². The number of likely N-dealkylation sites (tertiary alicyclic amines) is 1. The summed E-state index contributed by atoms with van der Waals surface area (Å²) in [6, 6.07) is 9.91. The van der Waals surface area contributed by atoms with E-state index in [1.165, 1.54) is 0 Å². The smallest absolute Gasteiger partial charge is 0.225 e. The second-order valence-corrected chi connectivity index (χ2v) is 7.23. The summed E-state index contributed by atoms with van der Waals surface area (Å²) in [6.07, 6.45) is 3.97. The molecule has 0 saturated carbocycles. The van der Waals surface area contributed by atoms with Crippen molar-refractivity contribution in [2.24, 2.45) is 5.92 Å². The lowest BCUT2D eigenvalue weighted by Gasteiger charge is -2.19. The Bertz CT molecular complexity index is 772. The Labute approximate surface area is 159 Å². The van der Waals surface area contributed by atoms with E-state index in [1.54, 1.807) is 11.1 Å². The van der Waals surface area contributed by atoms with Gasteiger partial charge >= 0.3 is 0 Å². The van der Waals surface area contributed by atoms with Crippen LogP contribution in [0.5, 0.6) is 0 Å². The zero-order chi connectivity index (χ0) is 19.2. The zero-order valence-corrected chi connectivity index (χ0v) is 16.0. The molecule has 0 radical (unpaired) electrons. The predicted molar refractivity (Wildman–Crippen MR) is 103 cm³/mol. The third-order valence-electron chi connectivity index (χ3n) is 4.87. The molecule has 7 nitrogen and oxygen atoms in total. The van der Waals surface area contributed by atoms with Gasteiger partial charge in [0.05, 0.1) is 12.5 Å². The van der Waals surface area contributed by atoms with E-state index in [-0.39, 0.29) is 17.7 Å². The molecule has 1 atom stereocenters. The lowest BCUT2D eigenvalue weighted by molar-refractivity contribution is -0.129. The molecule has 1 aliphatic heterocycles. The summed E-state index contributed by atoms with van der Waals surface area (Å²) in [4.78, 5) is 28.5. The summed E-state index contributed by atoms with van der Waals surface area (Å²) in [5.41, 5.74) is 2.19. The van der Waals surface area contributed by atoms with Crippen molar-refractivity contribution in [1.82, 2.24) is 24.9 Å². The molecule has 1 N–H and O–H groups in total. The van der Waals surface area contributed by atoms with Crippen LogP contribution in [0.15, 0.2) is 42.7 Å². The van der Waals surface area contributed by atoms with Crippen LogP contribution in [0.3, 0.4) is 0 Å². The van der Waals surface area contributed by atoms with Crippen LogP contribution < -0.4 is 5.32 Å². The predicted octanol–water partition coefficient (Wildman–Crippen LogP) is 0.958.